The van der Waals surface area contributed by atoms with Crippen LogP contribution in [0, 0.1) is 0 Å². The molecule has 128 valence electrons. The molecule has 1 aromatic heterocycles. The lowest BCUT2D eigenvalue weighted by molar-refractivity contribution is -0.141. The second-order valence-corrected chi connectivity index (χ2v) is 5.18. The van der Waals surface area contributed by atoms with Crippen molar-refractivity contribution in [3.8, 4) is 17.0 Å². The first-order valence-electron chi connectivity index (χ1n) is 7.38. The number of rotatable bonds is 4. The van der Waals surface area contributed by atoms with Gasteiger partial charge in [-0.15, -0.1) is 0 Å². The van der Waals surface area contributed by atoms with Crippen LogP contribution in [0.15, 0.2) is 60.7 Å². The maximum atomic E-state index is 13.2. The molecule has 0 radical (unpaired) electrons. The third-order valence-electron chi connectivity index (χ3n) is 3.43. The quantitative estimate of drug-likeness (QED) is 0.729. The standard InChI is InChI=1S/C18H14F3N3O/c1-25-14-9-7-13(8-10-14)22-17-23-15(12-5-3-2-4-6-12)11-16(24-17)18(19,20)21/h2-11H,1H3,(H,22,23,24). The molecule has 0 saturated heterocycles. The lowest BCUT2D eigenvalue weighted by atomic mass is 10.1. The molecule has 0 unspecified atom stereocenters. The van der Waals surface area contributed by atoms with E-state index in [4.69, 9.17) is 4.74 Å². The number of benzene rings is 2. The van der Waals surface area contributed by atoms with Gasteiger partial charge in [-0.2, -0.15) is 13.2 Å². The highest BCUT2D eigenvalue weighted by molar-refractivity contribution is 5.63. The van der Waals surface area contributed by atoms with E-state index in [-0.39, 0.29) is 11.6 Å². The highest BCUT2D eigenvalue weighted by Crippen LogP contribution is 2.31. The van der Waals surface area contributed by atoms with Gasteiger partial charge in [0.1, 0.15) is 5.75 Å². The Balaban J connectivity index is 2.00. The normalized spacial score (nSPS) is 11.2. The van der Waals surface area contributed by atoms with E-state index in [1.54, 1.807) is 54.6 Å². The van der Waals surface area contributed by atoms with Gasteiger partial charge in [-0.1, -0.05) is 30.3 Å². The van der Waals surface area contributed by atoms with Crippen molar-refractivity contribution in [2.75, 3.05) is 12.4 Å². The maximum absolute atomic E-state index is 13.2. The Labute approximate surface area is 142 Å². The summed E-state index contributed by atoms with van der Waals surface area (Å²) in [6, 6.07) is 16.3. The summed E-state index contributed by atoms with van der Waals surface area (Å²) in [4.78, 5) is 7.79. The number of ether oxygens (including phenoxy) is 1. The van der Waals surface area contributed by atoms with E-state index in [1.165, 1.54) is 7.11 Å². The Morgan fingerprint density at radius 3 is 2.20 bits per heavy atom. The van der Waals surface area contributed by atoms with Gasteiger partial charge in [0.25, 0.3) is 0 Å². The second kappa shape index (κ2) is 6.80. The maximum Gasteiger partial charge on any atom is 0.433 e. The number of hydrogen-bond acceptors (Lipinski definition) is 4. The van der Waals surface area contributed by atoms with Gasteiger partial charge >= 0.3 is 6.18 Å². The fourth-order valence-corrected chi connectivity index (χ4v) is 2.21. The molecule has 25 heavy (non-hydrogen) atoms. The fraction of sp³-hybridized carbons (Fsp3) is 0.111. The average molecular weight is 345 g/mol. The molecule has 0 aliphatic heterocycles. The highest BCUT2D eigenvalue weighted by Gasteiger charge is 2.33. The Bertz CT molecular complexity index is 850. The molecule has 3 aromatic rings. The molecule has 0 aliphatic carbocycles. The Morgan fingerprint density at radius 1 is 0.920 bits per heavy atom. The van der Waals surface area contributed by atoms with Crippen molar-refractivity contribution < 1.29 is 17.9 Å². The summed E-state index contributed by atoms with van der Waals surface area (Å²) in [6.45, 7) is 0. The van der Waals surface area contributed by atoms with E-state index < -0.39 is 11.9 Å². The first kappa shape index (κ1) is 16.8. The summed E-state index contributed by atoms with van der Waals surface area (Å²) in [5.41, 5.74) is 0.323. The van der Waals surface area contributed by atoms with Crippen LogP contribution in [0.5, 0.6) is 5.75 Å². The van der Waals surface area contributed by atoms with Crippen LogP contribution in [-0.4, -0.2) is 17.1 Å². The van der Waals surface area contributed by atoms with Gasteiger partial charge in [0.05, 0.1) is 12.8 Å². The van der Waals surface area contributed by atoms with Crippen molar-refractivity contribution in [2.24, 2.45) is 0 Å². The zero-order chi connectivity index (χ0) is 17.9. The van der Waals surface area contributed by atoms with Gasteiger partial charge in [-0.25, -0.2) is 9.97 Å². The van der Waals surface area contributed by atoms with Crippen LogP contribution < -0.4 is 10.1 Å². The molecule has 1 N–H and O–H groups in total. The summed E-state index contributed by atoms with van der Waals surface area (Å²) >= 11 is 0. The van der Waals surface area contributed by atoms with Crippen LogP contribution in [0.2, 0.25) is 0 Å². The predicted molar refractivity (Wildman–Crippen MR) is 88.7 cm³/mol. The molecule has 0 spiro atoms. The lowest BCUT2D eigenvalue weighted by Gasteiger charge is -2.12. The number of anilines is 2. The Morgan fingerprint density at radius 2 is 1.60 bits per heavy atom. The van der Waals surface area contributed by atoms with Crippen molar-refractivity contribution in [3.05, 3.63) is 66.4 Å². The molecule has 0 saturated carbocycles. The molecule has 0 aliphatic rings. The van der Waals surface area contributed by atoms with Crippen LogP contribution in [0.3, 0.4) is 0 Å². The molecule has 7 heteroatoms. The largest absolute Gasteiger partial charge is 0.497 e. The number of nitrogens with zero attached hydrogens (tertiary/aromatic N) is 2. The van der Waals surface area contributed by atoms with Crippen molar-refractivity contribution in [3.63, 3.8) is 0 Å². The van der Waals surface area contributed by atoms with Gasteiger partial charge in [0, 0.05) is 11.3 Å². The van der Waals surface area contributed by atoms with E-state index in [0.29, 0.717) is 17.0 Å². The van der Waals surface area contributed by atoms with E-state index in [9.17, 15) is 13.2 Å². The van der Waals surface area contributed by atoms with Crippen molar-refractivity contribution in [1.29, 1.82) is 0 Å². The molecular formula is C18H14F3N3O. The van der Waals surface area contributed by atoms with Gasteiger partial charge < -0.3 is 10.1 Å². The molecule has 0 amide bonds. The summed E-state index contributed by atoms with van der Waals surface area (Å²) < 4.78 is 44.6. The van der Waals surface area contributed by atoms with Crippen LogP contribution in [0.1, 0.15) is 5.69 Å². The Hall–Kier alpha value is -3.09. The van der Waals surface area contributed by atoms with Gasteiger partial charge in [-0.05, 0) is 30.3 Å². The van der Waals surface area contributed by atoms with E-state index in [0.717, 1.165) is 6.07 Å². The van der Waals surface area contributed by atoms with Gasteiger partial charge in [0.2, 0.25) is 5.95 Å². The lowest BCUT2D eigenvalue weighted by Crippen LogP contribution is -2.11. The number of halogens is 3. The van der Waals surface area contributed by atoms with E-state index >= 15 is 0 Å². The first-order valence-corrected chi connectivity index (χ1v) is 7.38. The van der Waals surface area contributed by atoms with Crippen LogP contribution >= 0.6 is 0 Å². The summed E-state index contributed by atoms with van der Waals surface area (Å²) in [6.07, 6.45) is -4.57. The molecule has 2 aromatic carbocycles. The smallest absolute Gasteiger partial charge is 0.433 e. The first-order chi connectivity index (χ1) is 12.0. The average Bonchev–Trinajstić information content (AvgIpc) is 2.62. The van der Waals surface area contributed by atoms with Crippen LogP contribution in [0.25, 0.3) is 11.3 Å². The summed E-state index contributed by atoms with van der Waals surface area (Å²) in [5, 5.41) is 2.80. The SMILES string of the molecule is COc1ccc(Nc2nc(-c3ccccc3)cc(C(F)(F)F)n2)cc1. The molecule has 1 heterocycles. The third kappa shape index (κ3) is 4.06. The zero-order valence-electron chi connectivity index (χ0n) is 13.2. The number of hydrogen-bond donors (Lipinski definition) is 1. The minimum atomic E-state index is -4.57. The van der Waals surface area contributed by atoms with Gasteiger partial charge in [0.15, 0.2) is 5.69 Å². The van der Waals surface area contributed by atoms with Crippen molar-refractivity contribution >= 4 is 11.6 Å². The predicted octanol–water partition coefficient (Wildman–Crippen LogP) is 4.91. The van der Waals surface area contributed by atoms with Gasteiger partial charge in [-0.3, -0.25) is 0 Å². The molecule has 3 rings (SSSR count). The fourth-order valence-electron chi connectivity index (χ4n) is 2.21. The molecular weight excluding hydrogens is 331 g/mol. The molecule has 0 atom stereocenters. The zero-order valence-corrected chi connectivity index (χ0v) is 13.2. The monoisotopic (exact) mass is 345 g/mol. The summed E-state index contributed by atoms with van der Waals surface area (Å²) in [7, 11) is 1.53. The number of methoxy groups -OCH3 is 1. The highest BCUT2D eigenvalue weighted by atomic mass is 19.4. The minimum Gasteiger partial charge on any atom is -0.497 e. The van der Waals surface area contributed by atoms with Crippen molar-refractivity contribution in [1.82, 2.24) is 9.97 Å². The minimum absolute atomic E-state index is 0.126. The second-order valence-electron chi connectivity index (χ2n) is 5.18. The Kier molecular flexibility index (Phi) is 4.56. The van der Waals surface area contributed by atoms with Crippen LogP contribution in [0.4, 0.5) is 24.8 Å². The van der Waals surface area contributed by atoms with E-state index in [2.05, 4.69) is 15.3 Å². The topological polar surface area (TPSA) is 47.0 Å². The van der Waals surface area contributed by atoms with Crippen molar-refractivity contribution in [2.45, 2.75) is 6.18 Å². The molecule has 0 bridgehead atoms. The summed E-state index contributed by atoms with van der Waals surface area (Å²) in [5.74, 6) is 0.513. The third-order valence-corrected chi connectivity index (χ3v) is 3.43. The number of nitrogens with one attached hydrogen (secondary N) is 1. The number of alkyl halides is 3. The molecule has 0 fully saturated rings. The molecule has 4 nitrogen and oxygen atoms in total. The van der Waals surface area contributed by atoms with Crippen LogP contribution in [-0.2, 0) is 6.18 Å². The number of aromatic nitrogens is 2. The van der Waals surface area contributed by atoms with E-state index in [1.807, 2.05) is 0 Å².